The van der Waals surface area contributed by atoms with E-state index < -0.39 is 0 Å². The van der Waals surface area contributed by atoms with Crippen molar-refractivity contribution in [1.82, 2.24) is 9.78 Å². The third kappa shape index (κ3) is 2.73. The zero-order valence-electron chi connectivity index (χ0n) is 9.92. The van der Waals surface area contributed by atoms with Crippen LogP contribution in [0.25, 0.3) is 0 Å². The molecule has 0 fully saturated rings. The van der Waals surface area contributed by atoms with Crippen molar-refractivity contribution in [2.45, 2.75) is 52.1 Å². The summed E-state index contributed by atoms with van der Waals surface area (Å²) < 4.78 is 1.95. The topological polar surface area (TPSA) is 43.8 Å². The maximum absolute atomic E-state index is 6.17. The Morgan fingerprint density at radius 2 is 2.20 bits per heavy atom. The molecule has 1 rings (SSSR count). The predicted octanol–water partition coefficient (Wildman–Crippen LogP) is 2.57. The molecule has 2 N–H and O–H groups in total. The molecule has 1 aromatic rings. The van der Waals surface area contributed by atoms with Crippen LogP contribution in [0, 0.1) is 0 Å². The monoisotopic (exact) mass is 229 g/mol. The van der Waals surface area contributed by atoms with Gasteiger partial charge in [0.2, 0.25) is 0 Å². The fraction of sp³-hybridized carbons (Fsp3) is 0.727. The van der Waals surface area contributed by atoms with Crippen molar-refractivity contribution in [2.75, 3.05) is 0 Å². The molecule has 0 aliphatic rings. The van der Waals surface area contributed by atoms with Gasteiger partial charge in [0.25, 0.3) is 0 Å². The second-order valence-electron chi connectivity index (χ2n) is 4.72. The first-order valence-electron chi connectivity index (χ1n) is 5.36. The zero-order chi connectivity index (χ0) is 11.6. The third-order valence-corrected chi connectivity index (χ3v) is 2.84. The molecule has 0 saturated heterocycles. The molecule has 0 aromatic carbocycles. The van der Waals surface area contributed by atoms with Crippen LogP contribution in [0.2, 0.25) is 5.02 Å². The van der Waals surface area contributed by atoms with Crippen molar-refractivity contribution in [2.24, 2.45) is 5.73 Å². The van der Waals surface area contributed by atoms with E-state index in [1.54, 1.807) is 6.20 Å². The highest BCUT2D eigenvalue weighted by Gasteiger charge is 2.28. The van der Waals surface area contributed by atoms with Gasteiger partial charge in [0.1, 0.15) is 0 Å². The standard InChI is InChI=1S/C11H20ClN3/c1-5-15-10(9(12)7-14-15)11(3,4)6-8(2)13/h7-8H,5-6,13H2,1-4H3. The van der Waals surface area contributed by atoms with E-state index in [2.05, 4.69) is 25.9 Å². The Labute approximate surface area is 96.6 Å². The van der Waals surface area contributed by atoms with Gasteiger partial charge in [-0.25, -0.2) is 0 Å². The number of aromatic nitrogens is 2. The molecule has 3 nitrogen and oxygen atoms in total. The van der Waals surface area contributed by atoms with Crippen LogP contribution in [0.15, 0.2) is 6.20 Å². The van der Waals surface area contributed by atoms with Crippen LogP contribution >= 0.6 is 11.6 Å². The molecule has 1 unspecified atom stereocenters. The SMILES string of the molecule is CCn1ncc(Cl)c1C(C)(C)CC(C)N. The minimum Gasteiger partial charge on any atom is -0.328 e. The summed E-state index contributed by atoms with van der Waals surface area (Å²) in [6.07, 6.45) is 2.61. The summed E-state index contributed by atoms with van der Waals surface area (Å²) in [4.78, 5) is 0. The molecule has 15 heavy (non-hydrogen) atoms. The number of hydrogen-bond acceptors (Lipinski definition) is 2. The zero-order valence-corrected chi connectivity index (χ0v) is 10.7. The summed E-state index contributed by atoms with van der Waals surface area (Å²) in [6, 6.07) is 0.163. The number of rotatable bonds is 4. The minimum absolute atomic E-state index is 0.0300. The molecule has 0 radical (unpaired) electrons. The second kappa shape index (κ2) is 4.54. The van der Waals surface area contributed by atoms with Crippen LogP contribution in [0.3, 0.4) is 0 Å². The van der Waals surface area contributed by atoms with Gasteiger partial charge < -0.3 is 5.73 Å². The normalized spacial score (nSPS) is 14.3. The second-order valence-corrected chi connectivity index (χ2v) is 5.13. The molecule has 0 saturated carbocycles. The largest absolute Gasteiger partial charge is 0.328 e. The van der Waals surface area contributed by atoms with Gasteiger partial charge in [0.15, 0.2) is 0 Å². The van der Waals surface area contributed by atoms with Gasteiger partial charge in [-0.15, -0.1) is 0 Å². The Morgan fingerprint density at radius 3 is 2.67 bits per heavy atom. The maximum atomic E-state index is 6.17. The Hall–Kier alpha value is -0.540. The Balaban J connectivity index is 3.07. The van der Waals surface area contributed by atoms with E-state index in [9.17, 15) is 0 Å². The van der Waals surface area contributed by atoms with Crippen LogP contribution in [0.5, 0.6) is 0 Å². The number of nitrogens with zero attached hydrogens (tertiary/aromatic N) is 2. The number of halogens is 1. The first-order valence-corrected chi connectivity index (χ1v) is 5.73. The van der Waals surface area contributed by atoms with Gasteiger partial charge in [0, 0.05) is 18.0 Å². The fourth-order valence-corrected chi connectivity index (χ4v) is 2.57. The van der Waals surface area contributed by atoms with Gasteiger partial charge >= 0.3 is 0 Å². The molecule has 0 amide bonds. The number of aryl methyl sites for hydroxylation is 1. The van der Waals surface area contributed by atoms with Crippen molar-refractivity contribution < 1.29 is 0 Å². The van der Waals surface area contributed by atoms with Gasteiger partial charge in [-0.3, -0.25) is 4.68 Å². The lowest BCUT2D eigenvalue weighted by atomic mass is 9.83. The summed E-state index contributed by atoms with van der Waals surface area (Å²) in [5.74, 6) is 0. The van der Waals surface area contributed by atoms with Crippen LogP contribution < -0.4 is 5.73 Å². The Kier molecular flexibility index (Phi) is 3.79. The first-order chi connectivity index (χ1) is 6.88. The van der Waals surface area contributed by atoms with Gasteiger partial charge in [0.05, 0.1) is 16.9 Å². The Bertz CT molecular complexity index is 329. The highest BCUT2D eigenvalue weighted by atomic mass is 35.5. The Morgan fingerprint density at radius 1 is 1.60 bits per heavy atom. The smallest absolute Gasteiger partial charge is 0.0823 e. The van der Waals surface area contributed by atoms with Crippen LogP contribution in [0.4, 0.5) is 0 Å². The summed E-state index contributed by atoms with van der Waals surface area (Å²) in [5.41, 5.74) is 6.91. The van der Waals surface area contributed by atoms with Gasteiger partial charge in [-0.1, -0.05) is 25.4 Å². The molecule has 0 aliphatic heterocycles. The van der Waals surface area contributed by atoms with Crippen LogP contribution in [-0.2, 0) is 12.0 Å². The van der Waals surface area contributed by atoms with E-state index in [-0.39, 0.29) is 11.5 Å². The van der Waals surface area contributed by atoms with E-state index in [4.69, 9.17) is 17.3 Å². The molecule has 1 atom stereocenters. The summed E-state index contributed by atoms with van der Waals surface area (Å²) in [5, 5.41) is 4.99. The lowest BCUT2D eigenvalue weighted by Gasteiger charge is -2.27. The minimum atomic E-state index is -0.0300. The van der Waals surface area contributed by atoms with E-state index >= 15 is 0 Å². The molecule has 1 aromatic heterocycles. The number of nitrogens with two attached hydrogens (primary N) is 1. The van der Waals surface area contributed by atoms with E-state index in [0.717, 1.165) is 23.7 Å². The molecule has 1 heterocycles. The van der Waals surface area contributed by atoms with Crippen molar-refractivity contribution in [3.63, 3.8) is 0 Å². The highest BCUT2D eigenvalue weighted by Crippen LogP contribution is 2.33. The highest BCUT2D eigenvalue weighted by molar-refractivity contribution is 6.31. The van der Waals surface area contributed by atoms with Gasteiger partial charge in [-0.05, 0) is 20.3 Å². The molecular formula is C11H20ClN3. The van der Waals surface area contributed by atoms with Gasteiger partial charge in [-0.2, -0.15) is 5.10 Å². The van der Waals surface area contributed by atoms with Crippen LogP contribution in [-0.4, -0.2) is 15.8 Å². The molecule has 4 heteroatoms. The lowest BCUT2D eigenvalue weighted by molar-refractivity contribution is 0.400. The molecule has 0 spiro atoms. The average molecular weight is 230 g/mol. The molecule has 86 valence electrons. The number of hydrogen-bond donors (Lipinski definition) is 1. The molecular weight excluding hydrogens is 210 g/mol. The van der Waals surface area contributed by atoms with Crippen molar-refractivity contribution in [3.8, 4) is 0 Å². The van der Waals surface area contributed by atoms with Crippen molar-refractivity contribution in [1.29, 1.82) is 0 Å². The molecule has 0 bridgehead atoms. The quantitative estimate of drug-likeness (QED) is 0.863. The van der Waals surface area contributed by atoms with E-state index in [1.807, 2.05) is 11.6 Å². The fourth-order valence-electron chi connectivity index (χ4n) is 2.18. The summed E-state index contributed by atoms with van der Waals surface area (Å²) in [6.45, 7) is 9.23. The van der Waals surface area contributed by atoms with Crippen molar-refractivity contribution >= 4 is 11.6 Å². The third-order valence-electron chi connectivity index (χ3n) is 2.57. The first kappa shape index (κ1) is 12.5. The predicted molar refractivity (Wildman–Crippen MR) is 64.2 cm³/mol. The van der Waals surface area contributed by atoms with Crippen LogP contribution in [0.1, 0.15) is 39.8 Å². The van der Waals surface area contributed by atoms with E-state index in [1.165, 1.54) is 0 Å². The summed E-state index contributed by atoms with van der Waals surface area (Å²) >= 11 is 6.17. The van der Waals surface area contributed by atoms with Crippen molar-refractivity contribution in [3.05, 3.63) is 16.9 Å². The average Bonchev–Trinajstić information content (AvgIpc) is 2.44. The van der Waals surface area contributed by atoms with E-state index in [0.29, 0.717) is 0 Å². The lowest BCUT2D eigenvalue weighted by Crippen LogP contribution is -2.30. The summed E-state index contributed by atoms with van der Waals surface area (Å²) in [7, 11) is 0. The maximum Gasteiger partial charge on any atom is 0.0823 e. The molecule has 0 aliphatic carbocycles.